The van der Waals surface area contributed by atoms with Gasteiger partial charge in [0.2, 0.25) is 0 Å². The Hall–Kier alpha value is -2.37. The quantitative estimate of drug-likeness (QED) is 0.623. The molecule has 0 aliphatic rings. The molecule has 0 fully saturated rings. The number of ether oxygens (including phenoxy) is 3. The van der Waals surface area contributed by atoms with E-state index in [1.165, 1.54) is 26.8 Å². The third-order valence-electron chi connectivity index (χ3n) is 2.44. The number of esters is 3. The summed E-state index contributed by atoms with van der Waals surface area (Å²) in [5.74, 6) is -1.01. The first-order chi connectivity index (χ1) is 9.22. The molecule has 0 atom stereocenters. The minimum absolute atomic E-state index is 0.176. The van der Waals surface area contributed by atoms with Crippen molar-refractivity contribution in [3.63, 3.8) is 0 Å². The molecule has 0 unspecified atom stereocenters. The van der Waals surface area contributed by atoms with Crippen LogP contribution in [-0.4, -0.2) is 17.9 Å². The number of carbonyl (C=O) groups is 3. The molecule has 1 aromatic rings. The van der Waals surface area contributed by atoms with E-state index in [0.717, 1.165) is 0 Å². The van der Waals surface area contributed by atoms with Crippen molar-refractivity contribution >= 4 is 17.9 Å². The molecular formula is C14H16O6. The molecule has 6 nitrogen and oxygen atoms in total. The zero-order chi connectivity index (χ0) is 15.4. The lowest BCUT2D eigenvalue weighted by atomic mass is 10.1. The number of benzene rings is 1. The van der Waals surface area contributed by atoms with Gasteiger partial charge in [-0.1, -0.05) is 0 Å². The SMILES string of the molecule is CC(=O)Oc1cc(OC(C)=O)c(C)c(OC(C)=O)c1C. The van der Waals surface area contributed by atoms with Gasteiger partial charge in [0, 0.05) is 38.0 Å². The Morgan fingerprint density at radius 3 is 1.40 bits per heavy atom. The zero-order valence-corrected chi connectivity index (χ0v) is 12.0. The van der Waals surface area contributed by atoms with Crippen LogP contribution in [0.5, 0.6) is 17.2 Å². The highest BCUT2D eigenvalue weighted by atomic mass is 16.6. The second-order valence-corrected chi connectivity index (χ2v) is 4.23. The monoisotopic (exact) mass is 280 g/mol. The van der Waals surface area contributed by atoms with Crippen LogP contribution in [0.3, 0.4) is 0 Å². The highest BCUT2D eigenvalue weighted by Crippen LogP contribution is 2.38. The molecule has 0 saturated carbocycles. The number of hydrogen-bond donors (Lipinski definition) is 0. The van der Waals surface area contributed by atoms with Crippen molar-refractivity contribution in [2.75, 3.05) is 0 Å². The molecule has 0 N–H and O–H groups in total. The van der Waals surface area contributed by atoms with Gasteiger partial charge in [-0.2, -0.15) is 0 Å². The van der Waals surface area contributed by atoms with Crippen LogP contribution in [-0.2, 0) is 14.4 Å². The molecule has 0 heterocycles. The highest BCUT2D eigenvalue weighted by molar-refractivity contribution is 5.76. The Balaban J connectivity index is 3.42. The molecule has 0 aliphatic heterocycles. The van der Waals surface area contributed by atoms with Crippen molar-refractivity contribution in [2.45, 2.75) is 34.6 Å². The van der Waals surface area contributed by atoms with Gasteiger partial charge in [0.1, 0.15) is 17.2 Å². The van der Waals surface area contributed by atoms with Gasteiger partial charge in [0.05, 0.1) is 0 Å². The maximum atomic E-state index is 11.1. The summed E-state index contributed by atoms with van der Waals surface area (Å²) < 4.78 is 15.1. The summed E-state index contributed by atoms with van der Waals surface area (Å²) in [7, 11) is 0. The maximum Gasteiger partial charge on any atom is 0.308 e. The lowest BCUT2D eigenvalue weighted by Crippen LogP contribution is -2.10. The van der Waals surface area contributed by atoms with Gasteiger partial charge < -0.3 is 14.2 Å². The Labute approximate surface area is 116 Å². The van der Waals surface area contributed by atoms with Gasteiger partial charge in [0.25, 0.3) is 0 Å². The second-order valence-electron chi connectivity index (χ2n) is 4.23. The predicted octanol–water partition coefficient (Wildman–Crippen LogP) is 2.08. The van der Waals surface area contributed by atoms with Crippen molar-refractivity contribution in [3.05, 3.63) is 17.2 Å². The van der Waals surface area contributed by atoms with Crippen molar-refractivity contribution in [1.82, 2.24) is 0 Å². The van der Waals surface area contributed by atoms with Gasteiger partial charge in [-0.25, -0.2) is 0 Å². The van der Waals surface area contributed by atoms with Crippen LogP contribution in [0.15, 0.2) is 6.07 Å². The van der Waals surface area contributed by atoms with Crippen LogP contribution < -0.4 is 14.2 Å². The Morgan fingerprint density at radius 1 is 0.750 bits per heavy atom. The minimum atomic E-state index is -0.528. The number of rotatable bonds is 3. The first-order valence-electron chi connectivity index (χ1n) is 5.91. The molecule has 0 saturated heterocycles. The van der Waals surface area contributed by atoms with Gasteiger partial charge in [-0.3, -0.25) is 14.4 Å². The molecule has 20 heavy (non-hydrogen) atoms. The van der Waals surface area contributed by atoms with Gasteiger partial charge >= 0.3 is 17.9 Å². The average Bonchev–Trinajstić information content (AvgIpc) is 2.29. The normalized spacial score (nSPS) is 9.85. The Bertz CT molecular complexity index is 533. The Kier molecular flexibility index (Phi) is 4.85. The van der Waals surface area contributed by atoms with E-state index in [1.54, 1.807) is 13.8 Å². The second kappa shape index (κ2) is 6.18. The average molecular weight is 280 g/mol. The van der Waals surface area contributed by atoms with E-state index in [2.05, 4.69) is 0 Å². The maximum absolute atomic E-state index is 11.1. The van der Waals surface area contributed by atoms with Gasteiger partial charge in [-0.05, 0) is 13.8 Å². The molecule has 0 bridgehead atoms. The summed E-state index contributed by atoms with van der Waals surface area (Å²) in [6, 6.07) is 1.42. The van der Waals surface area contributed by atoms with E-state index in [1.807, 2.05) is 0 Å². The number of hydrogen-bond acceptors (Lipinski definition) is 6. The van der Waals surface area contributed by atoms with Crippen LogP contribution in [0, 0.1) is 13.8 Å². The summed E-state index contributed by atoms with van der Waals surface area (Å²) in [5, 5.41) is 0. The third kappa shape index (κ3) is 3.81. The molecule has 0 radical (unpaired) electrons. The fourth-order valence-electron chi connectivity index (χ4n) is 1.66. The summed E-state index contributed by atoms with van der Waals surface area (Å²) in [4.78, 5) is 33.3. The van der Waals surface area contributed by atoms with Crippen LogP contribution in [0.25, 0.3) is 0 Å². The molecule has 6 heteroatoms. The van der Waals surface area contributed by atoms with Gasteiger partial charge in [-0.15, -0.1) is 0 Å². The molecule has 0 amide bonds. The fraction of sp³-hybridized carbons (Fsp3) is 0.357. The summed E-state index contributed by atoms with van der Waals surface area (Å²) in [6.45, 7) is 7.03. The van der Waals surface area contributed by atoms with E-state index < -0.39 is 17.9 Å². The van der Waals surface area contributed by atoms with E-state index in [-0.39, 0.29) is 17.2 Å². The molecule has 0 aliphatic carbocycles. The Morgan fingerprint density at radius 2 is 1.10 bits per heavy atom. The first-order valence-corrected chi connectivity index (χ1v) is 5.91. The van der Waals surface area contributed by atoms with Crippen molar-refractivity contribution in [1.29, 1.82) is 0 Å². The smallest absolute Gasteiger partial charge is 0.308 e. The van der Waals surface area contributed by atoms with Crippen LogP contribution in [0.2, 0.25) is 0 Å². The van der Waals surface area contributed by atoms with Crippen LogP contribution in [0.4, 0.5) is 0 Å². The largest absolute Gasteiger partial charge is 0.426 e. The lowest BCUT2D eigenvalue weighted by molar-refractivity contribution is -0.132. The van der Waals surface area contributed by atoms with Gasteiger partial charge in [0.15, 0.2) is 0 Å². The third-order valence-corrected chi connectivity index (χ3v) is 2.44. The lowest BCUT2D eigenvalue weighted by Gasteiger charge is -2.16. The molecule has 1 rings (SSSR count). The van der Waals surface area contributed by atoms with E-state index in [9.17, 15) is 14.4 Å². The molecule has 108 valence electrons. The summed E-state index contributed by atoms with van der Waals surface area (Å²) in [6.07, 6.45) is 0. The molecule has 0 aromatic heterocycles. The van der Waals surface area contributed by atoms with Crippen molar-refractivity contribution in [2.24, 2.45) is 0 Å². The van der Waals surface area contributed by atoms with E-state index in [0.29, 0.717) is 11.1 Å². The standard InChI is InChI=1S/C14H16O6/c1-7-12(18-9(3)15)6-13(19-10(4)16)8(2)14(7)20-11(5)17/h6H,1-5H3. The molecular weight excluding hydrogens is 264 g/mol. The van der Waals surface area contributed by atoms with Crippen LogP contribution >= 0.6 is 0 Å². The van der Waals surface area contributed by atoms with Crippen LogP contribution in [0.1, 0.15) is 31.9 Å². The van der Waals surface area contributed by atoms with E-state index >= 15 is 0 Å². The first kappa shape index (κ1) is 15.7. The highest BCUT2D eigenvalue weighted by Gasteiger charge is 2.19. The van der Waals surface area contributed by atoms with Crippen molar-refractivity contribution in [3.8, 4) is 17.2 Å². The zero-order valence-electron chi connectivity index (χ0n) is 12.0. The number of carbonyl (C=O) groups excluding carboxylic acids is 3. The fourth-order valence-corrected chi connectivity index (χ4v) is 1.66. The van der Waals surface area contributed by atoms with Crippen molar-refractivity contribution < 1.29 is 28.6 Å². The van der Waals surface area contributed by atoms with E-state index in [4.69, 9.17) is 14.2 Å². The summed E-state index contributed by atoms with van der Waals surface area (Å²) >= 11 is 0. The predicted molar refractivity (Wildman–Crippen MR) is 69.8 cm³/mol. The minimum Gasteiger partial charge on any atom is -0.426 e. The summed E-state index contributed by atoms with van der Waals surface area (Å²) in [5.41, 5.74) is 0.951. The molecule has 1 aromatic carbocycles. The molecule has 0 spiro atoms. The topological polar surface area (TPSA) is 78.9 Å².